The third-order valence-corrected chi connectivity index (χ3v) is 4.17. The Morgan fingerprint density at radius 1 is 1.26 bits per heavy atom. The van der Waals surface area contributed by atoms with Crippen LogP contribution < -0.4 is 10.5 Å². The van der Waals surface area contributed by atoms with Gasteiger partial charge in [0.2, 0.25) is 0 Å². The fourth-order valence-corrected chi connectivity index (χ4v) is 2.85. The van der Waals surface area contributed by atoms with E-state index in [2.05, 4.69) is 22.0 Å². The van der Waals surface area contributed by atoms with E-state index >= 15 is 0 Å². The molecule has 0 aliphatic heterocycles. The van der Waals surface area contributed by atoms with Gasteiger partial charge in [-0.1, -0.05) is 41.6 Å². The predicted molar refractivity (Wildman–Crippen MR) is 79.0 cm³/mol. The van der Waals surface area contributed by atoms with Gasteiger partial charge >= 0.3 is 0 Å². The predicted octanol–water partition coefficient (Wildman–Crippen LogP) is 3.75. The van der Waals surface area contributed by atoms with Crippen LogP contribution in [0.4, 0.5) is 0 Å². The largest absolute Gasteiger partial charge is 0.490 e. The zero-order valence-corrected chi connectivity index (χ0v) is 12.6. The van der Waals surface area contributed by atoms with Crippen molar-refractivity contribution in [2.45, 2.75) is 44.1 Å². The van der Waals surface area contributed by atoms with Crippen LogP contribution in [0.25, 0.3) is 0 Å². The zero-order valence-electron chi connectivity index (χ0n) is 11.0. The molecule has 1 aromatic rings. The first-order chi connectivity index (χ1) is 9.13. The summed E-state index contributed by atoms with van der Waals surface area (Å²) in [6, 6.07) is 7.58. The van der Waals surface area contributed by atoms with Crippen LogP contribution in [0.15, 0.2) is 22.7 Å². The SMILES string of the molecule is N#Cc1ccc(Br)cc1OCC1(N)CCCCCC1. The van der Waals surface area contributed by atoms with Crippen LogP contribution in [0.3, 0.4) is 0 Å². The van der Waals surface area contributed by atoms with Crippen LogP contribution in [0.1, 0.15) is 44.1 Å². The second kappa shape index (κ2) is 6.40. The van der Waals surface area contributed by atoms with Crippen molar-refractivity contribution in [3.05, 3.63) is 28.2 Å². The number of hydrogen-bond acceptors (Lipinski definition) is 3. The van der Waals surface area contributed by atoms with Crippen LogP contribution in [0.5, 0.6) is 5.75 Å². The fourth-order valence-electron chi connectivity index (χ4n) is 2.51. The second-order valence-corrected chi connectivity index (χ2v) is 6.23. The molecule has 4 heteroatoms. The van der Waals surface area contributed by atoms with E-state index in [0.29, 0.717) is 17.9 Å². The highest BCUT2D eigenvalue weighted by molar-refractivity contribution is 9.10. The van der Waals surface area contributed by atoms with E-state index in [4.69, 9.17) is 15.7 Å². The van der Waals surface area contributed by atoms with E-state index in [1.807, 2.05) is 12.1 Å². The Labute approximate surface area is 122 Å². The summed E-state index contributed by atoms with van der Waals surface area (Å²) >= 11 is 3.40. The maximum atomic E-state index is 9.08. The molecule has 1 aromatic carbocycles. The summed E-state index contributed by atoms with van der Waals surface area (Å²) in [5.41, 5.74) is 6.73. The monoisotopic (exact) mass is 322 g/mol. The molecule has 1 aliphatic carbocycles. The van der Waals surface area contributed by atoms with Crippen LogP contribution in [-0.2, 0) is 0 Å². The van der Waals surface area contributed by atoms with Gasteiger partial charge in [-0.2, -0.15) is 5.26 Å². The summed E-state index contributed by atoms with van der Waals surface area (Å²) in [6.45, 7) is 0.484. The van der Waals surface area contributed by atoms with Gasteiger partial charge in [-0.25, -0.2) is 0 Å². The average Bonchev–Trinajstić information content (AvgIpc) is 2.62. The van der Waals surface area contributed by atoms with Gasteiger partial charge in [-0.15, -0.1) is 0 Å². The van der Waals surface area contributed by atoms with Crippen molar-refractivity contribution < 1.29 is 4.74 Å². The molecular formula is C15H19BrN2O. The lowest BCUT2D eigenvalue weighted by molar-refractivity contribution is 0.199. The molecule has 1 aliphatic rings. The normalized spacial score (nSPS) is 18.4. The lowest BCUT2D eigenvalue weighted by Gasteiger charge is -2.28. The van der Waals surface area contributed by atoms with Crippen LogP contribution in [-0.4, -0.2) is 12.1 Å². The fraction of sp³-hybridized carbons (Fsp3) is 0.533. The number of benzene rings is 1. The van der Waals surface area contributed by atoms with E-state index in [0.717, 1.165) is 17.3 Å². The minimum Gasteiger partial charge on any atom is -0.490 e. The summed E-state index contributed by atoms with van der Waals surface area (Å²) < 4.78 is 6.74. The minimum absolute atomic E-state index is 0.245. The van der Waals surface area contributed by atoms with Crippen molar-refractivity contribution in [3.63, 3.8) is 0 Å². The van der Waals surface area contributed by atoms with Crippen molar-refractivity contribution in [3.8, 4) is 11.8 Å². The molecule has 0 radical (unpaired) electrons. The van der Waals surface area contributed by atoms with Gasteiger partial charge in [0.15, 0.2) is 0 Å². The third kappa shape index (κ3) is 3.95. The first-order valence-corrected chi connectivity index (χ1v) is 7.54. The highest BCUT2D eigenvalue weighted by Gasteiger charge is 2.27. The van der Waals surface area contributed by atoms with Crippen molar-refractivity contribution in [1.29, 1.82) is 5.26 Å². The molecule has 0 amide bonds. The average molecular weight is 323 g/mol. The van der Waals surface area contributed by atoms with Crippen molar-refractivity contribution in [1.82, 2.24) is 0 Å². The Bertz CT molecular complexity index is 474. The molecule has 102 valence electrons. The first-order valence-electron chi connectivity index (χ1n) is 6.74. The Morgan fingerprint density at radius 2 is 1.95 bits per heavy atom. The molecule has 0 saturated heterocycles. The second-order valence-electron chi connectivity index (χ2n) is 5.32. The van der Waals surface area contributed by atoms with Gasteiger partial charge in [0.05, 0.1) is 11.1 Å². The van der Waals surface area contributed by atoms with Gasteiger partial charge in [0.1, 0.15) is 18.4 Å². The summed E-state index contributed by atoms with van der Waals surface area (Å²) in [5, 5.41) is 9.08. The van der Waals surface area contributed by atoms with Gasteiger partial charge in [0, 0.05) is 4.47 Å². The third-order valence-electron chi connectivity index (χ3n) is 3.68. The Hall–Kier alpha value is -1.05. The first kappa shape index (κ1) is 14.4. The van der Waals surface area contributed by atoms with Gasteiger partial charge < -0.3 is 10.5 Å². The summed E-state index contributed by atoms with van der Waals surface area (Å²) in [4.78, 5) is 0. The van der Waals surface area contributed by atoms with E-state index in [1.54, 1.807) is 6.07 Å². The molecule has 0 bridgehead atoms. The molecule has 0 unspecified atom stereocenters. The number of nitrogens with zero attached hydrogens (tertiary/aromatic N) is 1. The Balaban J connectivity index is 2.05. The van der Waals surface area contributed by atoms with Gasteiger partial charge in [-0.05, 0) is 31.0 Å². The lowest BCUT2D eigenvalue weighted by Crippen LogP contribution is -2.45. The van der Waals surface area contributed by atoms with Crippen LogP contribution >= 0.6 is 15.9 Å². The Kier molecular flexibility index (Phi) is 4.84. The standard InChI is InChI=1S/C15H19BrN2O/c16-13-6-5-12(10-17)14(9-13)19-11-15(18)7-3-1-2-4-8-15/h5-6,9H,1-4,7-8,11,18H2. The maximum absolute atomic E-state index is 9.08. The van der Waals surface area contributed by atoms with E-state index in [-0.39, 0.29) is 5.54 Å². The zero-order chi connectivity index (χ0) is 13.7. The number of nitrogens with two attached hydrogens (primary N) is 1. The molecule has 1 fully saturated rings. The number of nitriles is 1. The molecule has 1 saturated carbocycles. The quantitative estimate of drug-likeness (QED) is 0.862. The topological polar surface area (TPSA) is 59.0 Å². The van der Waals surface area contributed by atoms with Gasteiger partial charge in [-0.3, -0.25) is 0 Å². The number of ether oxygens (including phenoxy) is 1. The number of halogens is 1. The highest BCUT2D eigenvalue weighted by atomic mass is 79.9. The molecule has 2 N–H and O–H groups in total. The molecule has 0 spiro atoms. The van der Waals surface area contributed by atoms with Crippen LogP contribution in [0, 0.1) is 11.3 Å². The lowest BCUT2D eigenvalue weighted by atomic mass is 9.92. The number of rotatable bonds is 3. The summed E-state index contributed by atoms with van der Waals surface area (Å²) in [6.07, 6.45) is 6.87. The molecule has 2 rings (SSSR count). The van der Waals surface area contributed by atoms with E-state index in [1.165, 1.54) is 25.7 Å². The highest BCUT2D eigenvalue weighted by Crippen LogP contribution is 2.28. The molecule has 0 atom stereocenters. The molecule has 3 nitrogen and oxygen atoms in total. The maximum Gasteiger partial charge on any atom is 0.138 e. The van der Waals surface area contributed by atoms with Crippen molar-refractivity contribution >= 4 is 15.9 Å². The summed E-state index contributed by atoms with van der Waals surface area (Å²) in [7, 11) is 0. The minimum atomic E-state index is -0.245. The van der Waals surface area contributed by atoms with E-state index < -0.39 is 0 Å². The van der Waals surface area contributed by atoms with Crippen molar-refractivity contribution in [2.24, 2.45) is 5.73 Å². The Morgan fingerprint density at radius 3 is 2.58 bits per heavy atom. The van der Waals surface area contributed by atoms with E-state index in [9.17, 15) is 0 Å². The molecule has 19 heavy (non-hydrogen) atoms. The molecular weight excluding hydrogens is 304 g/mol. The smallest absolute Gasteiger partial charge is 0.138 e. The van der Waals surface area contributed by atoms with Crippen LogP contribution in [0.2, 0.25) is 0 Å². The molecule has 0 aromatic heterocycles. The van der Waals surface area contributed by atoms with Crippen molar-refractivity contribution in [2.75, 3.05) is 6.61 Å². The van der Waals surface area contributed by atoms with Gasteiger partial charge in [0.25, 0.3) is 0 Å². The number of hydrogen-bond donors (Lipinski definition) is 1. The summed E-state index contributed by atoms with van der Waals surface area (Å²) in [5.74, 6) is 0.617. The molecule has 0 heterocycles.